The molecule has 1 aliphatic rings. The number of amides is 2. The second kappa shape index (κ2) is 8.00. The first-order valence-electron chi connectivity index (χ1n) is 7.58. The minimum Gasteiger partial charge on any atom is -0.481 e. The number of carboxylic acids is 1. The number of hydrogen-bond donors (Lipinski definition) is 3. The van der Waals surface area contributed by atoms with Gasteiger partial charge in [0.05, 0.1) is 11.8 Å². The summed E-state index contributed by atoms with van der Waals surface area (Å²) >= 11 is 0. The number of hydrogen-bond acceptors (Lipinski definition) is 3. The Morgan fingerprint density at radius 3 is 2.33 bits per heavy atom. The largest absolute Gasteiger partial charge is 0.481 e. The molecule has 0 aromatic carbocycles. The first kappa shape index (κ1) is 17.5. The minimum atomic E-state index is -0.908. The van der Waals surface area contributed by atoms with Crippen LogP contribution in [0.25, 0.3) is 0 Å². The molecule has 6 heteroatoms. The average Bonchev–Trinajstić information content (AvgIpc) is 2.78. The van der Waals surface area contributed by atoms with E-state index in [4.69, 9.17) is 5.11 Å². The third-order valence-electron chi connectivity index (χ3n) is 3.81. The minimum absolute atomic E-state index is 0.0985. The molecule has 0 spiro atoms. The van der Waals surface area contributed by atoms with Gasteiger partial charge in [-0.05, 0) is 24.7 Å². The van der Waals surface area contributed by atoms with E-state index in [1.807, 2.05) is 20.8 Å². The van der Waals surface area contributed by atoms with Gasteiger partial charge >= 0.3 is 5.97 Å². The summed E-state index contributed by atoms with van der Waals surface area (Å²) in [5.41, 5.74) is 0. The molecule has 0 radical (unpaired) electrons. The Balaban J connectivity index is 2.33. The summed E-state index contributed by atoms with van der Waals surface area (Å²) in [5.74, 6) is -1.70. The SMILES string of the molecule is CC(C)CNC(=O)CCNC(=O)C1CC(C)CC1C(=O)O. The van der Waals surface area contributed by atoms with Crippen LogP contribution in [0.15, 0.2) is 0 Å². The predicted octanol–water partition coefficient (Wildman–Crippen LogP) is 1.01. The van der Waals surface area contributed by atoms with E-state index in [9.17, 15) is 14.4 Å². The molecule has 0 aliphatic heterocycles. The summed E-state index contributed by atoms with van der Waals surface area (Å²) in [7, 11) is 0. The summed E-state index contributed by atoms with van der Waals surface area (Å²) < 4.78 is 0. The Morgan fingerprint density at radius 1 is 1.14 bits per heavy atom. The number of carboxylic acid groups (broad SMARTS) is 1. The van der Waals surface area contributed by atoms with Crippen molar-refractivity contribution < 1.29 is 19.5 Å². The van der Waals surface area contributed by atoms with Gasteiger partial charge in [0.25, 0.3) is 0 Å². The smallest absolute Gasteiger partial charge is 0.307 e. The Morgan fingerprint density at radius 2 is 1.76 bits per heavy atom. The van der Waals surface area contributed by atoms with Gasteiger partial charge in [-0.15, -0.1) is 0 Å². The first-order chi connectivity index (χ1) is 9.81. The molecule has 1 rings (SSSR count). The molecule has 3 unspecified atom stereocenters. The van der Waals surface area contributed by atoms with Crippen LogP contribution in [0.1, 0.15) is 40.0 Å². The Kier molecular flexibility index (Phi) is 6.65. The van der Waals surface area contributed by atoms with Crippen LogP contribution in [-0.2, 0) is 14.4 Å². The van der Waals surface area contributed by atoms with Gasteiger partial charge in [-0.3, -0.25) is 14.4 Å². The van der Waals surface area contributed by atoms with Crippen LogP contribution >= 0.6 is 0 Å². The fourth-order valence-electron chi connectivity index (χ4n) is 2.69. The highest BCUT2D eigenvalue weighted by Gasteiger charge is 2.40. The van der Waals surface area contributed by atoms with Crippen molar-refractivity contribution in [3.63, 3.8) is 0 Å². The summed E-state index contributed by atoms with van der Waals surface area (Å²) in [5, 5.41) is 14.6. The lowest BCUT2D eigenvalue weighted by Crippen LogP contribution is -2.37. The van der Waals surface area contributed by atoms with Gasteiger partial charge in [0.15, 0.2) is 0 Å². The molecular weight excluding hydrogens is 272 g/mol. The maximum atomic E-state index is 12.0. The Labute approximate surface area is 125 Å². The van der Waals surface area contributed by atoms with Crippen molar-refractivity contribution >= 4 is 17.8 Å². The van der Waals surface area contributed by atoms with E-state index in [2.05, 4.69) is 10.6 Å². The van der Waals surface area contributed by atoms with Crippen LogP contribution in [0.2, 0.25) is 0 Å². The summed E-state index contributed by atoms with van der Waals surface area (Å²) in [6.07, 6.45) is 1.36. The average molecular weight is 298 g/mol. The summed E-state index contributed by atoms with van der Waals surface area (Å²) in [6.45, 7) is 6.85. The molecule has 2 amide bonds. The molecule has 0 bridgehead atoms. The van der Waals surface area contributed by atoms with E-state index in [1.165, 1.54) is 0 Å². The number of carbonyl (C=O) groups excluding carboxylic acids is 2. The second-order valence-corrected chi connectivity index (χ2v) is 6.37. The molecule has 6 nitrogen and oxygen atoms in total. The van der Waals surface area contributed by atoms with Crippen molar-refractivity contribution in [3.8, 4) is 0 Å². The van der Waals surface area contributed by atoms with Gasteiger partial charge < -0.3 is 15.7 Å². The maximum Gasteiger partial charge on any atom is 0.307 e. The van der Waals surface area contributed by atoms with Crippen molar-refractivity contribution in [1.29, 1.82) is 0 Å². The summed E-state index contributed by atoms with van der Waals surface area (Å²) in [4.78, 5) is 34.7. The van der Waals surface area contributed by atoms with Crippen LogP contribution < -0.4 is 10.6 Å². The van der Waals surface area contributed by atoms with Crippen molar-refractivity contribution in [1.82, 2.24) is 10.6 Å². The number of nitrogens with one attached hydrogen (secondary N) is 2. The van der Waals surface area contributed by atoms with Crippen molar-refractivity contribution in [2.75, 3.05) is 13.1 Å². The van der Waals surface area contributed by atoms with Crippen LogP contribution in [-0.4, -0.2) is 36.0 Å². The number of carbonyl (C=O) groups is 3. The molecule has 0 aromatic heterocycles. The van der Waals surface area contributed by atoms with Crippen LogP contribution in [0.3, 0.4) is 0 Å². The van der Waals surface area contributed by atoms with Crippen LogP contribution in [0.4, 0.5) is 0 Å². The van der Waals surface area contributed by atoms with E-state index in [0.29, 0.717) is 25.3 Å². The lowest BCUT2D eigenvalue weighted by molar-refractivity contribution is -0.146. The first-order valence-corrected chi connectivity index (χ1v) is 7.58. The van der Waals surface area contributed by atoms with Gasteiger partial charge in [-0.2, -0.15) is 0 Å². The molecule has 1 saturated carbocycles. The van der Waals surface area contributed by atoms with E-state index < -0.39 is 17.8 Å². The number of rotatable bonds is 7. The molecule has 120 valence electrons. The van der Waals surface area contributed by atoms with Gasteiger partial charge in [-0.1, -0.05) is 20.8 Å². The van der Waals surface area contributed by atoms with Gasteiger partial charge in [-0.25, -0.2) is 0 Å². The van der Waals surface area contributed by atoms with Gasteiger partial charge in [0.1, 0.15) is 0 Å². The van der Waals surface area contributed by atoms with E-state index in [-0.39, 0.29) is 30.7 Å². The van der Waals surface area contributed by atoms with Crippen LogP contribution in [0.5, 0.6) is 0 Å². The van der Waals surface area contributed by atoms with Gasteiger partial charge in [0.2, 0.25) is 11.8 Å². The van der Waals surface area contributed by atoms with Gasteiger partial charge in [0, 0.05) is 19.5 Å². The third-order valence-corrected chi connectivity index (χ3v) is 3.81. The Hall–Kier alpha value is -1.59. The lowest BCUT2D eigenvalue weighted by atomic mass is 9.95. The fraction of sp³-hybridized carbons (Fsp3) is 0.800. The molecule has 3 atom stereocenters. The molecule has 3 N–H and O–H groups in total. The topological polar surface area (TPSA) is 95.5 Å². The zero-order valence-electron chi connectivity index (χ0n) is 13.0. The second-order valence-electron chi connectivity index (χ2n) is 6.37. The van der Waals surface area contributed by atoms with Crippen LogP contribution in [0, 0.1) is 23.7 Å². The quantitative estimate of drug-likeness (QED) is 0.653. The van der Waals surface area contributed by atoms with Crippen molar-refractivity contribution in [2.24, 2.45) is 23.7 Å². The normalized spacial score (nSPS) is 24.9. The molecule has 0 aromatic rings. The predicted molar refractivity (Wildman–Crippen MR) is 78.5 cm³/mol. The van der Waals surface area contributed by atoms with E-state index in [0.717, 1.165) is 0 Å². The van der Waals surface area contributed by atoms with E-state index >= 15 is 0 Å². The molecule has 21 heavy (non-hydrogen) atoms. The summed E-state index contributed by atoms with van der Waals surface area (Å²) in [6, 6.07) is 0. The third kappa shape index (κ3) is 5.73. The van der Waals surface area contributed by atoms with Crippen molar-refractivity contribution in [2.45, 2.75) is 40.0 Å². The zero-order chi connectivity index (χ0) is 16.0. The number of aliphatic carboxylic acids is 1. The lowest BCUT2D eigenvalue weighted by Gasteiger charge is -2.15. The highest BCUT2D eigenvalue weighted by atomic mass is 16.4. The van der Waals surface area contributed by atoms with Crippen molar-refractivity contribution in [3.05, 3.63) is 0 Å². The maximum absolute atomic E-state index is 12.0. The molecule has 0 heterocycles. The standard InChI is InChI=1S/C15H26N2O4/c1-9(2)8-17-13(18)4-5-16-14(19)11-6-10(3)7-12(11)15(20)21/h9-12H,4-8H2,1-3H3,(H,16,19)(H,17,18)(H,20,21). The fourth-order valence-corrected chi connectivity index (χ4v) is 2.69. The highest BCUT2D eigenvalue weighted by Crippen LogP contribution is 2.36. The monoisotopic (exact) mass is 298 g/mol. The Bertz CT molecular complexity index is 395. The highest BCUT2D eigenvalue weighted by molar-refractivity contribution is 5.85. The molecule has 0 saturated heterocycles. The molecule has 1 aliphatic carbocycles. The zero-order valence-corrected chi connectivity index (χ0v) is 13.0. The molecular formula is C15H26N2O4. The van der Waals surface area contributed by atoms with E-state index in [1.54, 1.807) is 0 Å². The molecule has 1 fully saturated rings.